The molecule has 1 nitrogen and oxygen atoms in total. The van der Waals surface area contributed by atoms with Crippen molar-refractivity contribution in [3.63, 3.8) is 0 Å². The molecule has 1 heterocycles. The van der Waals surface area contributed by atoms with Crippen molar-refractivity contribution in [2.24, 2.45) is 0 Å². The Morgan fingerprint density at radius 1 is 1.28 bits per heavy atom. The summed E-state index contributed by atoms with van der Waals surface area (Å²) in [5.41, 5.74) is 2.38. The summed E-state index contributed by atoms with van der Waals surface area (Å²) >= 11 is 11.6. The van der Waals surface area contributed by atoms with Crippen LogP contribution < -0.4 is 4.90 Å². The summed E-state index contributed by atoms with van der Waals surface area (Å²) in [6.07, 6.45) is 0. The van der Waals surface area contributed by atoms with Gasteiger partial charge in [-0.3, -0.25) is 0 Å². The molecule has 0 aliphatic carbocycles. The lowest BCUT2D eigenvalue weighted by atomic mass is 10.1. The van der Waals surface area contributed by atoms with Crippen molar-refractivity contribution in [1.29, 1.82) is 0 Å². The summed E-state index contributed by atoms with van der Waals surface area (Å²) in [6.45, 7) is 4.08. The number of thiophene rings is 1. The molecular weight excluding hydrogens is 330 g/mol. The minimum absolute atomic E-state index is 0.781. The van der Waals surface area contributed by atoms with Gasteiger partial charge in [-0.25, -0.2) is 0 Å². The van der Waals surface area contributed by atoms with E-state index in [4.69, 9.17) is 11.6 Å². The molecule has 0 spiro atoms. The molecule has 0 radical (unpaired) electrons. The Morgan fingerprint density at radius 2 is 2.11 bits per heavy atom. The van der Waals surface area contributed by atoms with E-state index in [1.165, 1.54) is 10.6 Å². The lowest BCUT2D eigenvalue weighted by Crippen LogP contribution is -2.22. The normalized spacial score (nSPS) is 10.6. The van der Waals surface area contributed by atoms with E-state index >= 15 is 0 Å². The van der Waals surface area contributed by atoms with Crippen molar-refractivity contribution >= 4 is 44.6 Å². The molecule has 2 rings (SSSR count). The first-order valence-electron chi connectivity index (χ1n) is 5.87. The van der Waals surface area contributed by atoms with E-state index in [-0.39, 0.29) is 0 Å². The van der Waals surface area contributed by atoms with E-state index in [9.17, 15) is 0 Å². The van der Waals surface area contributed by atoms with Crippen LogP contribution >= 0.6 is 38.9 Å². The van der Waals surface area contributed by atoms with Gasteiger partial charge in [-0.15, -0.1) is 11.3 Å². The van der Waals surface area contributed by atoms with Gasteiger partial charge in [0.25, 0.3) is 0 Å². The fraction of sp³-hybridized carbons (Fsp3) is 0.286. The largest absolute Gasteiger partial charge is 0.366 e. The number of nitrogens with zero attached hydrogens (tertiary/aromatic N) is 1. The zero-order chi connectivity index (χ0) is 13.0. The molecule has 0 fully saturated rings. The number of halogens is 2. The van der Waals surface area contributed by atoms with Crippen LogP contribution in [0.2, 0.25) is 5.02 Å². The van der Waals surface area contributed by atoms with E-state index in [1.807, 2.05) is 12.1 Å². The first kappa shape index (κ1) is 13.9. The van der Waals surface area contributed by atoms with Gasteiger partial charge in [0.15, 0.2) is 0 Å². The van der Waals surface area contributed by atoms with Gasteiger partial charge in [-0.2, -0.15) is 0 Å². The van der Waals surface area contributed by atoms with Crippen molar-refractivity contribution in [2.45, 2.75) is 18.8 Å². The average molecular weight is 345 g/mol. The van der Waals surface area contributed by atoms with Gasteiger partial charge in [0.2, 0.25) is 0 Å². The third-order valence-electron chi connectivity index (χ3n) is 2.88. The van der Waals surface area contributed by atoms with Crippen LogP contribution in [-0.2, 0) is 11.9 Å². The summed E-state index contributed by atoms with van der Waals surface area (Å²) in [4.78, 5) is 3.73. The second-order valence-corrected chi connectivity index (χ2v) is 5.96. The van der Waals surface area contributed by atoms with E-state index < -0.39 is 0 Å². The minimum Gasteiger partial charge on any atom is -0.366 e. The highest BCUT2D eigenvalue weighted by atomic mass is 79.9. The Bertz CT molecular complexity index is 499. The number of benzene rings is 1. The molecule has 0 aliphatic heterocycles. The molecule has 0 saturated heterocycles. The maximum Gasteiger partial charge on any atom is 0.0522 e. The molecule has 0 saturated carbocycles. The molecule has 0 amide bonds. The molecule has 0 aliphatic rings. The Morgan fingerprint density at radius 3 is 2.72 bits per heavy atom. The van der Waals surface area contributed by atoms with Crippen LogP contribution in [0, 0.1) is 0 Å². The predicted octanol–water partition coefficient (Wildman–Crippen LogP) is 5.32. The summed E-state index contributed by atoms with van der Waals surface area (Å²) in [5.74, 6) is 0. The zero-order valence-electron chi connectivity index (χ0n) is 10.2. The third kappa shape index (κ3) is 3.08. The van der Waals surface area contributed by atoms with E-state index in [1.54, 1.807) is 11.3 Å². The molecule has 1 aromatic carbocycles. The summed E-state index contributed by atoms with van der Waals surface area (Å²) in [5, 5.41) is 3.73. The second kappa shape index (κ2) is 6.60. The van der Waals surface area contributed by atoms with Crippen molar-refractivity contribution < 1.29 is 0 Å². The molecule has 18 heavy (non-hydrogen) atoms. The molecule has 2 aromatic rings. The number of rotatable bonds is 5. The highest BCUT2D eigenvalue weighted by Gasteiger charge is 2.12. The standard InChI is InChI=1S/C14H15BrClNS/c1-2-17(10-11-5-4-8-18-11)14-7-3-6-13(16)12(14)9-15/h3-8H,2,9-10H2,1H3. The van der Waals surface area contributed by atoms with Crippen molar-refractivity contribution in [1.82, 2.24) is 0 Å². The van der Waals surface area contributed by atoms with Crippen LogP contribution in [0.3, 0.4) is 0 Å². The lowest BCUT2D eigenvalue weighted by molar-refractivity contribution is 0.838. The Balaban J connectivity index is 2.30. The van der Waals surface area contributed by atoms with Crippen LogP contribution in [-0.4, -0.2) is 6.54 Å². The highest BCUT2D eigenvalue weighted by molar-refractivity contribution is 9.08. The molecule has 4 heteroatoms. The quantitative estimate of drug-likeness (QED) is 0.663. The molecule has 0 N–H and O–H groups in total. The number of hydrogen-bond acceptors (Lipinski definition) is 2. The van der Waals surface area contributed by atoms with Crippen LogP contribution in [0.4, 0.5) is 5.69 Å². The van der Waals surface area contributed by atoms with Crippen LogP contribution in [0.1, 0.15) is 17.4 Å². The topological polar surface area (TPSA) is 3.24 Å². The van der Waals surface area contributed by atoms with Gasteiger partial charge < -0.3 is 4.90 Å². The SMILES string of the molecule is CCN(Cc1cccs1)c1cccc(Cl)c1CBr. The van der Waals surface area contributed by atoms with E-state index in [0.717, 1.165) is 29.0 Å². The monoisotopic (exact) mass is 343 g/mol. The Labute approximate surface area is 126 Å². The smallest absolute Gasteiger partial charge is 0.0522 e. The molecule has 0 bridgehead atoms. The van der Waals surface area contributed by atoms with Crippen LogP contribution in [0.25, 0.3) is 0 Å². The number of alkyl halides is 1. The maximum absolute atomic E-state index is 6.26. The molecule has 0 atom stereocenters. The lowest BCUT2D eigenvalue weighted by Gasteiger charge is -2.25. The molecule has 1 aromatic heterocycles. The molecule has 96 valence electrons. The summed E-state index contributed by atoms with van der Waals surface area (Å²) in [7, 11) is 0. The van der Waals surface area contributed by atoms with E-state index in [2.05, 4.69) is 51.3 Å². The van der Waals surface area contributed by atoms with Gasteiger partial charge in [-0.1, -0.05) is 39.7 Å². The summed E-state index contributed by atoms with van der Waals surface area (Å²) in [6, 6.07) is 10.4. The van der Waals surface area contributed by atoms with Gasteiger partial charge in [0.1, 0.15) is 0 Å². The second-order valence-electron chi connectivity index (χ2n) is 3.96. The minimum atomic E-state index is 0.781. The maximum atomic E-state index is 6.26. The van der Waals surface area contributed by atoms with Gasteiger partial charge >= 0.3 is 0 Å². The number of anilines is 1. The van der Waals surface area contributed by atoms with Gasteiger partial charge in [0.05, 0.1) is 6.54 Å². The Hall–Kier alpha value is -0.510. The highest BCUT2D eigenvalue weighted by Crippen LogP contribution is 2.30. The Kier molecular flexibility index (Phi) is 5.10. The van der Waals surface area contributed by atoms with Crippen molar-refractivity contribution in [3.05, 3.63) is 51.2 Å². The van der Waals surface area contributed by atoms with Crippen molar-refractivity contribution in [2.75, 3.05) is 11.4 Å². The van der Waals surface area contributed by atoms with Crippen molar-refractivity contribution in [3.8, 4) is 0 Å². The average Bonchev–Trinajstić information content (AvgIpc) is 2.88. The van der Waals surface area contributed by atoms with Gasteiger partial charge in [0, 0.05) is 33.0 Å². The fourth-order valence-corrected chi connectivity index (χ4v) is 3.64. The fourth-order valence-electron chi connectivity index (χ4n) is 1.93. The first-order valence-corrected chi connectivity index (χ1v) is 8.24. The van der Waals surface area contributed by atoms with Crippen LogP contribution in [0.15, 0.2) is 35.7 Å². The predicted molar refractivity (Wildman–Crippen MR) is 85.1 cm³/mol. The van der Waals surface area contributed by atoms with Gasteiger partial charge in [-0.05, 0) is 30.5 Å². The first-order chi connectivity index (χ1) is 8.76. The van der Waals surface area contributed by atoms with Crippen LogP contribution in [0.5, 0.6) is 0 Å². The summed E-state index contributed by atoms with van der Waals surface area (Å²) < 4.78 is 0. The zero-order valence-corrected chi connectivity index (χ0v) is 13.4. The molecular formula is C14H15BrClNS. The third-order valence-corrected chi connectivity index (χ3v) is 4.65. The number of hydrogen-bond donors (Lipinski definition) is 0. The molecule has 0 unspecified atom stereocenters. The van der Waals surface area contributed by atoms with E-state index in [0.29, 0.717) is 0 Å².